The van der Waals surface area contributed by atoms with Gasteiger partial charge in [-0.3, -0.25) is 9.69 Å². The number of benzene rings is 1. The van der Waals surface area contributed by atoms with Crippen LogP contribution in [0.2, 0.25) is 0 Å². The lowest BCUT2D eigenvalue weighted by atomic mass is 10.0. The Morgan fingerprint density at radius 1 is 1.24 bits per heavy atom. The van der Waals surface area contributed by atoms with Crippen LogP contribution in [0.3, 0.4) is 0 Å². The Labute approximate surface area is 124 Å². The Balaban J connectivity index is 1.81. The first-order valence-corrected chi connectivity index (χ1v) is 6.88. The third kappa shape index (κ3) is 3.52. The lowest BCUT2D eigenvalue weighted by Gasteiger charge is -2.20. The largest absolute Gasteiger partial charge is 0.494 e. The van der Waals surface area contributed by atoms with Gasteiger partial charge >= 0.3 is 6.03 Å². The average Bonchev–Trinajstić information content (AvgIpc) is 2.67. The number of nitrogens with one attached hydrogen (secondary N) is 1. The summed E-state index contributed by atoms with van der Waals surface area (Å²) in [5, 5.41) is 2.66. The maximum atomic E-state index is 12.2. The highest BCUT2D eigenvalue weighted by atomic mass is 16.5. The van der Waals surface area contributed by atoms with Crippen molar-refractivity contribution >= 4 is 11.9 Å². The second-order valence-electron chi connectivity index (χ2n) is 5.17. The van der Waals surface area contributed by atoms with E-state index in [4.69, 9.17) is 9.47 Å². The van der Waals surface area contributed by atoms with Gasteiger partial charge in [0.1, 0.15) is 11.3 Å². The maximum Gasteiger partial charge on any atom is 0.325 e. The van der Waals surface area contributed by atoms with E-state index in [0.717, 1.165) is 5.75 Å². The summed E-state index contributed by atoms with van der Waals surface area (Å²) >= 11 is 0. The van der Waals surface area contributed by atoms with Crippen LogP contribution in [0.15, 0.2) is 30.3 Å². The standard InChI is InChI=1S/C15H20N2O4/c1-15(11-20-2)13(18)17(14(19)16-15)9-6-10-21-12-7-4-3-5-8-12/h3-5,7-8H,6,9-11H2,1-2H3,(H,16,19)/t15-/m1/s1. The van der Waals surface area contributed by atoms with E-state index in [1.54, 1.807) is 6.92 Å². The first-order valence-electron chi connectivity index (χ1n) is 6.88. The number of hydrogen-bond acceptors (Lipinski definition) is 4. The average molecular weight is 292 g/mol. The number of rotatable bonds is 7. The fraction of sp³-hybridized carbons (Fsp3) is 0.467. The Hall–Kier alpha value is -2.08. The minimum Gasteiger partial charge on any atom is -0.494 e. The SMILES string of the molecule is COC[C@@]1(C)NC(=O)N(CCCOc2ccccc2)C1=O. The summed E-state index contributed by atoms with van der Waals surface area (Å²) in [7, 11) is 1.50. The molecular weight excluding hydrogens is 272 g/mol. The van der Waals surface area contributed by atoms with Gasteiger partial charge in [0.25, 0.3) is 5.91 Å². The van der Waals surface area contributed by atoms with Gasteiger partial charge in [-0.1, -0.05) is 18.2 Å². The fourth-order valence-corrected chi connectivity index (χ4v) is 2.27. The molecule has 0 bridgehead atoms. The van der Waals surface area contributed by atoms with Crippen LogP contribution in [0, 0.1) is 0 Å². The number of amides is 3. The third-order valence-electron chi connectivity index (χ3n) is 3.32. The summed E-state index contributed by atoms with van der Waals surface area (Å²) in [6.45, 7) is 2.60. The van der Waals surface area contributed by atoms with Gasteiger partial charge in [0.05, 0.1) is 13.2 Å². The van der Waals surface area contributed by atoms with Crippen LogP contribution in [0.1, 0.15) is 13.3 Å². The van der Waals surface area contributed by atoms with E-state index in [2.05, 4.69) is 5.32 Å². The van der Waals surface area contributed by atoms with Crippen molar-refractivity contribution in [2.75, 3.05) is 26.9 Å². The zero-order chi connectivity index (χ0) is 15.3. The van der Waals surface area contributed by atoms with Gasteiger partial charge in [-0.25, -0.2) is 4.79 Å². The first-order chi connectivity index (χ1) is 10.1. The molecule has 0 saturated carbocycles. The van der Waals surface area contributed by atoms with Crippen LogP contribution >= 0.6 is 0 Å². The topological polar surface area (TPSA) is 67.9 Å². The lowest BCUT2D eigenvalue weighted by Crippen LogP contribution is -2.48. The van der Waals surface area contributed by atoms with Crippen molar-refractivity contribution in [1.29, 1.82) is 0 Å². The van der Waals surface area contributed by atoms with Gasteiger partial charge < -0.3 is 14.8 Å². The number of urea groups is 1. The molecule has 6 nitrogen and oxygen atoms in total. The van der Waals surface area contributed by atoms with Gasteiger partial charge in [0.15, 0.2) is 0 Å². The molecule has 1 fully saturated rings. The summed E-state index contributed by atoms with van der Waals surface area (Å²) in [6.07, 6.45) is 0.580. The van der Waals surface area contributed by atoms with E-state index in [1.807, 2.05) is 30.3 Å². The minimum atomic E-state index is -0.966. The second kappa shape index (κ2) is 6.58. The zero-order valence-corrected chi connectivity index (χ0v) is 12.3. The summed E-state index contributed by atoms with van der Waals surface area (Å²) < 4.78 is 10.5. The van der Waals surface area contributed by atoms with E-state index < -0.39 is 5.54 Å². The highest BCUT2D eigenvalue weighted by molar-refractivity contribution is 6.06. The van der Waals surface area contributed by atoms with Crippen LogP contribution < -0.4 is 10.1 Å². The molecule has 1 atom stereocenters. The first kappa shape index (κ1) is 15.3. The lowest BCUT2D eigenvalue weighted by molar-refractivity contribution is -0.132. The zero-order valence-electron chi connectivity index (χ0n) is 12.3. The molecule has 0 radical (unpaired) electrons. The highest BCUT2D eigenvalue weighted by Gasteiger charge is 2.47. The van der Waals surface area contributed by atoms with E-state index >= 15 is 0 Å². The quantitative estimate of drug-likeness (QED) is 0.609. The molecule has 114 valence electrons. The molecule has 2 rings (SSSR count). The maximum absolute atomic E-state index is 12.2. The molecule has 1 aromatic rings. The Morgan fingerprint density at radius 3 is 2.62 bits per heavy atom. The van der Waals surface area contributed by atoms with E-state index in [0.29, 0.717) is 19.6 Å². The summed E-state index contributed by atoms with van der Waals surface area (Å²) in [5.74, 6) is 0.521. The van der Waals surface area contributed by atoms with Crippen LogP contribution in [0.25, 0.3) is 0 Å². The van der Waals surface area contributed by atoms with Crippen molar-refractivity contribution in [1.82, 2.24) is 10.2 Å². The van der Waals surface area contributed by atoms with Crippen molar-refractivity contribution in [2.45, 2.75) is 18.9 Å². The molecular formula is C15H20N2O4. The van der Waals surface area contributed by atoms with Gasteiger partial charge in [0, 0.05) is 13.7 Å². The monoisotopic (exact) mass is 292 g/mol. The molecule has 3 amide bonds. The Morgan fingerprint density at radius 2 is 1.95 bits per heavy atom. The highest BCUT2D eigenvalue weighted by Crippen LogP contribution is 2.18. The summed E-state index contributed by atoms with van der Waals surface area (Å²) in [4.78, 5) is 25.3. The van der Waals surface area contributed by atoms with Gasteiger partial charge in [-0.15, -0.1) is 0 Å². The number of nitrogens with zero attached hydrogens (tertiary/aromatic N) is 1. The molecule has 1 aromatic carbocycles. The number of methoxy groups -OCH3 is 1. The van der Waals surface area contributed by atoms with Gasteiger partial charge in [-0.2, -0.15) is 0 Å². The van der Waals surface area contributed by atoms with Gasteiger partial charge in [-0.05, 0) is 25.5 Å². The number of carbonyl (C=O) groups is 2. The summed E-state index contributed by atoms with van der Waals surface area (Å²) in [5.41, 5.74) is -0.966. The molecule has 1 N–H and O–H groups in total. The number of imide groups is 1. The van der Waals surface area contributed by atoms with E-state index in [1.165, 1.54) is 12.0 Å². The molecule has 0 unspecified atom stereocenters. The summed E-state index contributed by atoms with van der Waals surface area (Å²) in [6, 6.07) is 9.05. The molecule has 0 spiro atoms. The van der Waals surface area contributed by atoms with Crippen molar-refractivity contribution in [3.05, 3.63) is 30.3 Å². The number of ether oxygens (including phenoxy) is 2. The third-order valence-corrected chi connectivity index (χ3v) is 3.32. The molecule has 21 heavy (non-hydrogen) atoms. The van der Waals surface area contributed by atoms with Crippen LogP contribution in [-0.4, -0.2) is 49.2 Å². The predicted molar refractivity (Wildman–Crippen MR) is 77.1 cm³/mol. The minimum absolute atomic E-state index is 0.161. The predicted octanol–water partition coefficient (Wildman–Crippen LogP) is 1.41. The molecule has 1 saturated heterocycles. The van der Waals surface area contributed by atoms with Crippen molar-refractivity contribution in [2.24, 2.45) is 0 Å². The Bertz CT molecular complexity index is 506. The molecule has 0 aromatic heterocycles. The molecule has 0 aliphatic carbocycles. The molecule has 1 heterocycles. The number of hydrogen-bond donors (Lipinski definition) is 1. The number of para-hydroxylation sites is 1. The van der Waals surface area contributed by atoms with Crippen molar-refractivity contribution in [3.8, 4) is 5.75 Å². The fourth-order valence-electron chi connectivity index (χ4n) is 2.27. The molecule has 6 heteroatoms. The van der Waals surface area contributed by atoms with Crippen molar-refractivity contribution < 1.29 is 19.1 Å². The van der Waals surface area contributed by atoms with E-state index in [9.17, 15) is 9.59 Å². The van der Waals surface area contributed by atoms with Crippen LogP contribution in [-0.2, 0) is 9.53 Å². The smallest absolute Gasteiger partial charge is 0.325 e. The number of carbonyl (C=O) groups excluding carboxylic acids is 2. The van der Waals surface area contributed by atoms with Crippen molar-refractivity contribution in [3.63, 3.8) is 0 Å². The van der Waals surface area contributed by atoms with Crippen LogP contribution in [0.5, 0.6) is 5.75 Å². The second-order valence-corrected chi connectivity index (χ2v) is 5.17. The Kier molecular flexibility index (Phi) is 4.80. The van der Waals surface area contributed by atoms with E-state index in [-0.39, 0.29) is 18.5 Å². The normalized spacial score (nSPS) is 21.5. The van der Waals surface area contributed by atoms with Crippen LogP contribution in [0.4, 0.5) is 4.79 Å². The molecule has 1 aliphatic rings. The van der Waals surface area contributed by atoms with Gasteiger partial charge in [0.2, 0.25) is 0 Å². The molecule has 1 aliphatic heterocycles.